The maximum absolute atomic E-state index is 13.0. The van der Waals surface area contributed by atoms with Crippen molar-refractivity contribution in [2.75, 3.05) is 16.0 Å². The van der Waals surface area contributed by atoms with E-state index in [1.807, 2.05) is 42.6 Å². The molecule has 1 N–H and O–H groups in total. The van der Waals surface area contributed by atoms with E-state index in [4.69, 9.17) is 0 Å². The quantitative estimate of drug-likeness (QED) is 0.552. The van der Waals surface area contributed by atoms with Gasteiger partial charge in [-0.2, -0.15) is 0 Å². The Morgan fingerprint density at radius 3 is 3.08 bits per heavy atom. The van der Waals surface area contributed by atoms with Gasteiger partial charge in [-0.25, -0.2) is 9.97 Å². The molecular weight excluding hydrogens is 368 g/mol. The van der Waals surface area contributed by atoms with Gasteiger partial charge in [-0.15, -0.1) is 11.3 Å². The van der Waals surface area contributed by atoms with E-state index >= 15 is 0 Å². The molecule has 1 aliphatic rings. The summed E-state index contributed by atoms with van der Waals surface area (Å²) in [4.78, 5) is 35.3. The summed E-state index contributed by atoms with van der Waals surface area (Å²) in [5, 5.41) is 5.65. The zero-order valence-corrected chi connectivity index (χ0v) is 15.6. The summed E-state index contributed by atoms with van der Waals surface area (Å²) in [5.41, 5.74) is 2.30. The van der Waals surface area contributed by atoms with Crippen LogP contribution in [0.15, 0.2) is 47.1 Å². The van der Waals surface area contributed by atoms with Gasteiger partial charge in [-0.3, -0.25) is 9.59 Å². The van der Waals surface area contributed by atoms with Crippen LogP contribution in [0.1, 0.15) is 13.3 Å². The lowest BCUT2D eigenvalue weighted by Gasteiger charge is -2.27. The Morgan fingerprint density at radius 1 is 1.35 bits per heavy atom. The number of rotatable bonds is 3. The first kappa shape index (κ1) is 17.0. The highest BCUT2D eigenvalue weighted by molar-refractivity contribution is 8.00. The molecule has 0 unspecified atom stereocenters. The number of amides is 2. The van der Waals surface area contributed by atoms with Gasteiger partial charge in [0.15, 0.2) is 0 Å². The highest BCUT2D eigenvalue weighted by Crippen LogP contribution is 2.33. The number of carbonyl (C=O) groups is 2. The van der Waals surface area contributed by atoms with Crippen LogP contribution in [0.3, 0.4) is 0 Å². The first-order chi connectivity index (χ1) is 12.6. The Labute approximate surface area is 158 Å². The second kappa shape index (κ2) is 7.05. The van der Waals surface area contributed by atoms with Crippen molar-refractivity contribution in [2.24, 2.45) is 0 Å². The number of nitrogens with zero attached hydrogens (tertiary/aromatic N) is 3. The summed E-state index contributed by atoms with van der Waals surface area (Å²) < 4.78 is 0.992. The zero-order valence-electron chi connectivity index (χ0n) is 14.0. The van der Waals surface area contributed by atoms with Crippen LogP contribution in [-0.4, -0.2) is 33.6 Å². The SMILES string of the molecule is C[C@@H]1CC(=O)Nc2ccccc2N1C(=O)CSc1ncnc2ccsc12. The van der Waals surface area contributed by atoms with Crippen molar-refractivity contribution < 1.29 is 9.59 Å². The van der Waals surface area contributed by atoms with E-state index in [9.17, 15) is 9.59 Å². The third-order valence-electron chi connectivity index (χ3n) is 4.17. The molecule has 0 radical (unpaired) electrons. The van der Waals surface area contributed by atoms with E-state index in [2.05, 4.69) is 15.3 Å². The molecule has 6 nitrogen and oxygen atoms in total. The third-order valence-corrected chi connectivity index (χ3v) is 6.18. The number of benzene rings is 1. The molecule has 2 aromatic heterocycles. The summed E-state index contributed by atoms with van der Waals surface area (Å²) in [6.45, 7) is 1.90. The number of anilines is 2. The summed E-state index contributed by atoms with van der Waals surface area (Å²) in [5.74, 6) is 0.121. The van der Waals surface area contributed by atoms with Crippen LogP contribution in [-0.2, 0) is 9.59 Å². The second-order valence-electron chi connectivity index (χ2n) is 5.98. The Kier molecular flexibility index (Phi) is 4.60. The number of carbonyl (C=O) groups excluding carboxylic acids is 2. The van der Waals surface area contributed by atoms with Crippen molar-refractivity contribution in [2.45, 2.75) is 24.4 Å². The number of thioether (sulfide) groups is 1. The Balaban J connectivity index is 1.59. The maximum atomic E-state index is 13.0. The summed E-state index contributed by atoms with van der Waals surface area (Å²) in [7, 11) is 0. The molecular formula is C18H16N4O2S2. The minimum Gasteiger partial charge on any atom is -0.324 e. The Bertz CT molecular complexity index is 988. The van der Waals surface area contributed by atoms with E-state index < -0.39 is 0 Å². The molecule has 2 amide bonds. The van der Waals surface area contributed by atoms with Crippen LogP contribution in [0.4, 0.5) is 11.4 Å². The van der Waals surface area contributed by atoms with E-state index in [-0.39, 0.29) is 30.0 Å². The van der Waals surface area contributed by atoms with E-state index in [0.717, 1.165) is 20.9 Å². The first-order valence-electron chi connectivity index (χ1n) is 8.15. The number of para-hydroxylation sites is 2. The molecule has 0 spiro atoms. The lowest BCUT2D eigenvalue weighted by atomic mass is 10.2. The summed E-state index contributed by atoms with van der Waals surface area (Å²) >= 11 is 2.97. The summed E-state index contributed by atoms with van der Waals surface area (Å²) in [6.07, 6.45) is 1.79. The highest BCUT2D eigenvalue weighted by Gasteiger charge is 2.29. The van der Waals surface area contributed by atoms with E-state index in [0.29, 0.717) is 5.69 Å². The van der Waals surface area contributed by atoms with Crippen LogP contribution in [0.25, 0.3) is 10.2 Å². The van der Waals surface area contributed by atoms with E-state index in [1.165, 1.54) is 18.1 Å². The highest BCUT2D eigenvalue weighted by atomic mass is 32.2. The van der Waals surface area contributed by atoms with Crippen molar-refractivity contribution in [3.8, 4) is 0 Å². The van der Waals surface area contributed by atoms with Gasteiger partial charge >= 0.3 is 0 Å². The van der Waals surface area contributed by atoms with Crippen molar-refractivity contribution in [3.05, 3.63) is 42.0 Å². The van der Waals surface area contributed by atoms with Gasteiger partial charge in [0.05, 0.1) is 27.3 Å². The standard InChI is InChI=1S/C18H16N4O2S2/c1-11-8-15(23)21-12-4-2-3-5-14(12)22(11)16(24)9-26-18-17-13(6-7-25-17)19-10-20-18/h2-7,10-11H,8-9H2,1H3,(H,21,23)/t11-/m1/s1. The first-order valence-corrected chi connectivity index (χ1v) is 10.0. The molecule has 3 aromatic rings. The normalized spacial score (nSPS) is 16.9. The van der Waals surface area contributed by atoms with Gasteiger partial charge in [0.25, 0.3) is 0 Å². The van der Waals surface area contributed by atoms with Crippen LogP contribution in [0.5, 0.6) is 0 Å². The number of thiophene rings is 1. The largest absolute Gasteiger partial charge is 0.324 e. The molecule has 132 valence electrons. The molecule has 0 fully saturated rings. The lowest BCUT2D eigenvalue weighted by molar-refractivity contribution is -0.117. The molecule has 8 heteroatoms. The number of nitrogens with one attached hydrogen (secondary N) is 1. The van der Waals surface area contributed by atoms with Crippen molar-refractivity contribution >= 4 is 56.5 Å². The minimum absolute atomic E-state index is 0.0465. The third kappa shape index (κ3) is 3.17. The number of hydrogen-bond acceptors (Lipinski definition) is 6. The predicted molar refractivity (Wildman–Crippen MR) is 105 cm³/mol. The topological polar surface area (TPSA) is 75.2 Å². The summed E-state index contributed by atoms with van der Waals surface area (Å²) in [6, 6.07) is 9.13. The van der Waals surface area contributed by atoms with Gasteiger partial charge in [0.1, 0.15) is 11.4 Å². The fraction of sp³-hybridized carbons (Fsp3) is 0.222. The molecule has 0 bridgehead atoms. The van der Waals surface area contributed by atoms with Gasteiger partial charge in [-0.1, -0.05) is 23.9 Å². The van der Waals surface area contributed by atoms with Gasteiger partial charge in [0, 0.05) is 12.5 Å². The smallest absolute Gasteiger partial charge is 0.237 e. The Hall–Kier alpha value is -2.45. The van der Waals surface area contributed by atoms with Gasteiger partial charge < -0.3 is 10.2 Å². The Morgan fingerprint density at radius 2 is 2.19 bits per heavy atom. The maximum Gasteiger partial charge on any atom is 0.237 e. The predicted octanol–water partition coefficient (Wildman–Crippen LogP) is 3.55. The fourth-order valence-corrected chi connectivity index (χ4v) is 4.84. The lowest BCUT2D eigenvalue weighted by Crippen LogP contribution is -2.40. The monoisotopic (exact) mass is 384 g/mol. The second-order valence-corrected chi connectivity index (χ2v) is 7.86. The van der Waals surface area contributed by atoms with Crippen LogP contribution < -0.4 is 10.2 Å². The average molecular weight is 384 g/mol. The fourth-order valence-electron chi connectivity index (χ4n) is 3.04. The zero-order chi connectivity index (χ0) is 18.1. The molecule has 1 aromatic carbocycles. The molecule has 1 atom stereocenters. The molecule has 0 saturated heterocycles. The van der Waals surface area contributed by atoms with Gasteiger partial charge in [0.2, 0.25) is 11.8 Å². The molecule has 3 heterocycles. The van der Waals surface area contributed by atoms with Crippen molar-refractivity contribution in [3.63, 3.8) is 0 Å². The van der Waals surface area contributed by atoms with Crippen molar-refractivity contribution in [1.82, 2.24) is 9.97 Å². The molecule has 0 aliphatic carbocycles. The van der Waals surface area contributed by atoms with Gasteiger partial charge in [-0.05, 0) is 30.5 Å². The average Bonchev–Trinajstić information content (AvgIpc) is 3.06. The van der Waals surface area contributed by atoms with Crippen LogP contribution >= 0.6 is 23.1 Å². The number of fused-ring (bicyclic) bond motifs is 2. The molecule has 1 aliphatic heterocycles. The minimum atomic E-state index is -0.209. The number of aromatic nitrogens is 2. The molecule has 26 heavy (non-hydrogen) atoms. The van der Waals surface area contributed by atoms with Crippen molar-refractivity contribution in [1.29, 1.82) is 0 Å². The van der Waals surface area contributed by atoms with E-state index in [1.54, 1.807) is 16.2 Å². The van der Waals surface area contributed by atoms with Crippen LogP contribution in [0.2, 0.25) is 0 Å². The van der Waals surface area contributed by atoms with Crippen LogP contribution in [0, 0.1) is 0 Å². The molecule has 4 rings (SSSR count). The number of hydrogen-bond donors (Lipinski definition) is 1. The molecule has 0 saturated carbocycles.